The maximum atomic E-state index is 6.82. The van der Waals surface area contributed by atoms with Crippen LogP contribution in [0.15, 0.2) is 192 Å². The van der Waals surface area contributed by atoms with Crippen molar-refractivity contribution in [2.75, 3.05) is 0 Å². The molecular formula is C48H45N3O. The van der Waals surface area contributed by atoms with Crippen molar-refractivity contribution in [2.45, 2.75) is 68.1 Å². The van der Waals surface area contributed by atoms with Gasteiger partial charge in [-0.3, -0.25) is 5.32 Å². The van der Waals surface area contributed by atoms with Crippen LogP contribution in [0.25, 0.3) is 11.1 Å². The molecule has 1 saturated heterocycles. The second-order valence-corrected chi connectivity index (χ2v) is 15.1. The lowest BCUT2D eigenvalue weighted by Gasteiger charge is -2.38. The van der Waals surface area contributed by atoms with E-state index in [1.165, 1.54) is 50.4 Å². The summed E-state index contributed by atoms with van der Waals surface area (Å²) in [6, 6.07) is 31.5. The third-order valence-electron chi connectivity index (χ3n) is 12.0. The molecular weight excluding hydrogens is 635 g/mol. The summed E-state index contributed by atoms with van der Waals surface area (Å²) in [5.74, 6) is 0.656. The molecule has 10 rings (SSSR count). The quantitative estimate of drug-likeness (QED) is 0.272. The molecule has 0 amide bonds. The van der Waals surface area contributed by atoms with Crippen LogP contribution in [0.1, 0.15) is 49.0 Å². The van der Waals surface area contributed by atoms with Gasteiger partial charge in [-0.2, -0.15) is 0 Å². The molecule has 7 aliphatic rings. The van der Waals surface area contributed by atoms with Gasteiger partial charge in [-0.25, -0.2) is 0 Å². The van der Waals surface area contributed by atoms with Crippen LogP contribution in [0.3, 0.4) is 0 Å². The van der Waals surface area contributed by atoms with Crippen LogP contribution >= 0.6 is 0 Å². The van der Waals surface area contributed by atoms with E-state index in [0.717, 1.165) is 25.7 Å². The smallest absolute Gasteiger partial charge is 0.135 e. The highest BCUT2D eigenvalue weighted by atomic mass is 16.5. The second kappa shape index (κ2) is 13.4. The molecule has 1 fully saturated rings. The largest absolute Gasteiger partial charge is 0.378 e. The molecule has 2 N–H and O–H groups in total. The van der Waals surface area contributed by atoms with Crippen LogP contribution in [0.4, 0.5) is 0 Å². The number of hydrogen-bond acceptors (Lipinski definition) is 4. The summed E-state index contributed by atoms with van der Waals surface area (Å²) in [5, 5.41) is 7.77. The van der Waals surface area contributed by atoms with Gasteiger partial charge in [-0.1, -0.05) is 158 Å². The van der Waals surface area contributed by atoms with Crippen LogP contribution in [-0.2, 0) is 4.74 Å². The van der Waals surface area contributed by atoms with Gasteiger partial charge in [-0.05, 0) is 70.7 Å². The highest BCUT2D eigenvalue weighted by molar-refractivity contribution is 5.64. The van der Waals surface area contributed by atoms with Crippen LogP contribution in [0.5, 0.6) is 0 Å². The Morgan fingerprint density at radius 1 is 0.750 bits per heavy atom. The first-order valence-electron chi connectivity index (χ1n) is 19.2. The molecule has 8 atom stereocenters. The van der Waals surface area contributed by atoms with Crippen molar-refractivity contribution < 1.29 is 4.74 Å². The molecule has 4 nitrogen and oxygen atoms in total. The molecule has 3 aliphatic heterocycles. The molecule has 0 saturated carbocycles. The summed E-state index contributed by atoms with van der Waals surface area (Å²) in [5.41, 5.74) is 12.0. The third kappa shape index (κ3) is 5.71. The van der Waals surface area contributed by atoms with E-state index in [0.29, 0.717) is 17.9 Å². The molecule has 3 aromatic rings. The predicted molar refractivity (Wildman–Crippen MR) is 211 cm³/mol. The average Bonchev–Trinajstić information content (AvgIpc) is 3.82. The van der Waals surface area contributed by atoms with Crippen LogP contribution in [-0.4, -0.2) is 35.2 Å². The number of hydrogen-bond donors (Lipinski definition) is 2. The predicted octanol–water partition coefficient (Wildman–Crippen LogP) is 9.52. The molecule has 0 aromatic heterocycles. The lowest BCUT2D eigenvalue weighted by molar-refractivity contribution is 0.0535. The Balaban J connectivity index is 0.905. The molecule has 52 heavy (non-hydrogen) atoms. The van der Waals surface area contributed by atoms with Gasteiger partial charge in [0.25, 0.3) is 0 Å². The van der Waals surface area contributed by atoms with Crippen molar-refractivity contribution in [3.05, 3.63) is 203 Å². The van der Waals surface area contributed by atoms with E-state index in [1.807, 2.05) is 0 Å². The lowest BCUT2D eigenvalue weighted by atomic mass is 9.82. The number of allylic oxidation sites excluding steroid dienone is 8. The summed E-state index contributed by atoms with van der Waals surface area (Å²) >= 11 is 0. The van der Waals surface area contributed by atoms with Crippen molar-refractivity contribution in [1.82, 2.24) is 15.5 Å². The van der Waals surface area contributed by atoms with Crippen molar-refractivity contribution >= 4 is 0 Å². The Kier molecular flexibility index (Phi) is 8.15. The standard InChI is InChI=1S/C48H45N3O/c1-4-12-32(13-5-1)33-20-22-34(23-21-33)38-30-42(35-14-6-2-7-15-35)49-43(31-38)36-24-26-39(27-25-36)51-44-19-11-10-18-40(44)46-45(51)29-28-41-47(46)52-48(50-41)37-16-8-3-9-17-37/h1-6,8-14,16-26,28-30,38-41,43-44,47-50H,7,15,27,31H2. The van der Waals surface area contributed by atoms with E-state index in [-0.39, 0.29) is 30.5 Å². The molecule has 3 aromatic carbocycles. The molecule has 0 bridgehead atoms. The summed E-state index contributed by atoms with van der Waals surface area (Å²) in [6.07, 6.45) is 34.7. The van der Waals surface area contributed by atoms with E-state index in [2.05, 4.69) is 179 Å². The van der Waals surface area contributed by atoms with E-state index < -0.39 is 0 Å². The van der Waals surface area contributed by atoms with Gasteiger partial charge in [0.05, 0.1) is 24.2 Å². The van der Waals surface area contributed by atoms with Crippen molar-refractivity contribution in [1.29, 1.82) is 0 Å². The van der Waals surface area contributed by atoms with Crippen molar-refractivity contribution in [3.8, 4) is 11.1 Å². The van der Waals surface area contributed by atoms with E-state index in [1.54, 1.807) is 0 Å². The summed E-state index contributed by atoms with van der Waals surface area (Å²) in [6.45, 7) is 0. The zero-order valence-electron chi connectivity index (χ0n) is 29.4. The zero-order chi connectivity index (χ0) is 34.4. The van der Waals surface area contributed by atoms with Gasteiger partial charge in [0.1, 0.15) is 12.3 Å². The van der Waals surface area contributed by atoms with Crippen molar-refractivity contribution in [2.24, 2.45) is 5.92 Å². The maximum absolute atomic E-state index is 6.82. The normalized spacial score (nSPS) is 31.4. The topological polar surface area (TPSA) is 36.5 Å². The summed E-state index contributed by atoms with van der Waals surface area (Å²) in [7, 11) is 0. The number of ether oxygens (including phenoxy) is 1. The molecule has 4 aliphatic carbocycles. The fraction of sp³-hybridized carbons (Fsp3) is 0.250. The molecule has 4 heteroatoms. The Labute approximate surface area is 307 Å². The minimum atomic E-state index is -0.101. The number of benzene rings is 3. The average molecular weight is 680 g/mol. The number of nitrogens with one attached hydrogen (secondary N) is 2. The Morgan fingerprint density at radius 3 is 2.35 bits per heavy atom. The molecule has 258 valence electrons. The van der Waals surface area contributed by atoms with Crippen molar-refractivity contribution in [3.63, 3.8) is 0 Å². The Morgan fingerprint density at radius 2 is 1.56 bits per heavy atom. The molecule has 3 heterocycles. The molecule has 0 spiro atoms. The lowest BCUT2D eigenvalue weighted by Crippen LogP contribution is -2.41. The van der Waals surface area contributed by atoms with Crippen LogP contribution in [0.2, 0.25) is 0 Å². The summed E-state index contributed by atoms with van der Waals surface area (Å²) in [4.78, 5) is 2.67. The highest BCUT2D eigenvalue weighted by Gasteiger charge is 2.49. The van der Waals surface area contributed by atoms with E-state index >= 15 is 0 Å². The number of rotatable bonds is 6. The van der Waals surface area contributed by atoms with Crippen LogP contribution < -0.4 is 10.6 Å². The highest BCUT2D eigenvalue weighted by Crippen LogP contribution is 2.48. The first kappa shape index (κ1) is 31.6. The van der Waals surface area contributed by atoms with Gasteiger partial charge < -0.3 is 15.0 Å². The SMILES string of the molecule is C1=CCCC(C2=CC(c3ccc(-c4ccccc4)cc3)CC(C3=CCC(N4C5=C(C6C=CC=CC64)C4OC(c6ccccc6)NC4C=C5)C=C3)N2)=C1. The van der Waals surface area contributed by atoms with E-state index in [4.69, 9.17) is 4.74 Å². The van der Waals surface area contributed by atoms with Gasteiger partial charge in [0, 0.05) is 23.2 Å². The van der Waals surface area contributed by atoms with Gasteiger partial charge >= 0.3 is 0 Å². The van der Waals surface area contributed by atoms with Gasteiger partial charge in [0.2, 0.25) is 0 Å². The minimum absolute atomic E-state index is 0.0248. The Bertz CT molecular complexity index is 2110. The maximum Gasteiger partial charge on any atom is 0.135 e. The zero-order valence-corrected chi connectivity index (χ0v) is 29.4. The molecule has 8 unspecified atom stereocenters. The molecule has 0 radical (unpaired) electrons. The number of fused-ring (bicyclic) bond motifs is 4. The fourth-order valence-electron chi connectivity index (χ4n) is 9.44. The Hall–Kier alpha value is -5.16. The number of nitrogens with zero attached hydrogens (tertiary/aromatic N) is 1. The monoisotopic (exact) mass is 679 g/mol. The second-order valence-electron chi connectivity index (χ2n) is 15.1. The first-order chi connectivity index (χ1) is 25.8. The third-order valence-corrected chi connectivity index (χ3v) is 12.0. The fourth-order valence-corrected chi connectivity index (χ4v) is 9.44. The van der Waals surface area contributed by atoms with E-state index in [9.17, 15) is 0 Å². The van der Waals surface area contributed by atoms with Crippen LogP contribution in [0, 0.1) is 5.92 Å². The van der Waals surface area contributed by atoms with Gasteiger partial charge in [-0.15, -0.1) is 0 Å². The summed E-state index contributed by atoms with van der Waals surface area (Å²) < 4.78 is 6.82. The minimum Gasteiger partial charge on any atom is -0.378 e. The van der Waals surface area contributed by atoms with Gasteiger partial charge in [0.15, 0.2) is 0 Å². The first-order valence-corrected chi connectivity index (χ1v) is 19.2.